The number of imide groups is 2. The van der Waals surface area contributed by atoms with Gasteiger partial charge in [-0.3, -0.25) is 24.0 Å². The first-order valence-corrected chi connectivity index (χ1v) is 15.8. The Morgan fingerprint density at radius 2 is 1.00 bits per heavy atom. The normalized spacial score (nSPS) is 14.0. The van der Waals surface area contributed by atoms with Crippen LogP contribution in [0.4, 0.5) is 11.4 Å². The summed E-state index contributed by atoms with van der Waals surface area (Å²) in [5.74, 6) is -0.266. The molecule has 0 unspecified atom stereocenters. The van der Waals surface area contributed by atoms with E-state index in [4.69, 9.17) is 9.47 Å². The van der Waals surface area contributed by atoms with Gasteiger partial charge in [0.15, 0.2) is 5.78 Å². The molecular formula is C41H28N2O7. The SMILES string of the molecule is C/C=C\C(=C/C)Oc1ccc(N2C(=O)c3ccc(C(=O)c4ccc5c(c4)C(=O)N(c4ccc(Oc6ccccc6)cc4)C5=O)cc3C2=O)cc1. The van der Waals surface area contributed by atoms with E-state index >= 15 is 0 Å². The summed E-state index contributed by atoms with van der Waals surface area (Å²) in [6.45, 7) is 3.73. The smallest absolute Gasteiger partial charge is 0.266 e. The van der Waals surface area contributed by atoms with Crippen LogP contribution in [0, 0.1) is 0 Å². The maximum Gasteiger partial charge on any atom is 0.266 e. The Bertz CT molecular complexity index is 2270. The molecule has 7 rings (SSSR count). The summed E-state index contributed by atoms with van der Waals surface area (Å²) in [7, 11) is 0. The summed E-state index contributed by atoms with van der Waals surface area (Å²) in [5.41, 5.74) is 1.53. The summed E-state index contributed by atoms with van der Waals surface area (Å²) in [6.07, 6.45) is 5.48. The highest BCUT2D eigenvalue weighted by Gasteiger charge is 2.39. The number of hydrogen-bond acceptors (Lipinski definition) is 7. The van der Waals surface area contributed by atoms with Crippen LogP contribution in [-0.4, -0.2) is 29.4 Å². The van der Waals surface area contributed by atoms with Crippen LogP contribution < -0.4 is 19.3 Å². The van der Waals surface area contributed by atoms with Crippen molar-refractivity contribution in [2.24, 2.45) is 0 Å². The number of hydrogen-bond donors (Lipinski definition) is 0. The van der Waals surface area contributed by atoms with Crippen LogP contribution in [0.2, 0.25) is 0 Å². The summed E-state index contributed by atoms with van der Waals surface area (Å²) in [5, 5.41) is 0. The van der Waals surface area contributed by atoms with Gasteiger partial charge in [0, 0.05) is 11.1 Å². The van der Waals surface area contributed by atoms with E-state index in [1.165, 1.54) is 36.4 Å². The molecule has 5 aromatic carbocycles. The fraction of sp³-hybridized carbons (Fsp3) is 0.0488. The molecule has 0 aromatic heterocycles. The van der Waals surface area contributed by atoms with E-state index in [-0.39, 0.29) is 33.4 Å². The first kappa shape index (κ1) is 31.7. The quantitative estimate of drug-likeness (QED) is 0.0679. The molecule has 9 heteroatoms. The molecular weight excluding hydrogens is 632 g/mol. The zero-order valence-corrected chi connectivity index (χ0v) is 27.0. The third-order valence-corrected chi connectivity index (χ3v) is 8.32. The number of amides is 4. The van der Waals surface area contributed by atoms with Gasteiger partial charge in [0.25, 0.3) is 23.6 Å². The molecule has 0 atom stereocenters. The molecule has 0 bridgehead atoms. The standard InChI is InChI=1S/C41H28N2O7/c1-3-8-29(4-2)49-31-17-13-27(14-18-31)42-38(45)33-21-11-25(23-35(33)40(42)47)37(44)26-12-22-34-36(24-26)41(48)43(39(34)46)28-15-19-32(20-16-28)50-30-9-6-5-7-10-30/h3-24H,1-2H3/b8-3-,29-4+. The first-order valence-electron chi connectivity index (χ1n) is 15.8. The van der Waals surface area contributed by atoms with Crippen molar-refractivity contribution in [1.82, 2.24) is 0 Å². The van der Waals surface area contributed by atoms with E-state index in [9.17, 15) is 24.0 Å². The van der Waals surface area contributed by atoms with Crippen molar-refractivity contribution >= 4 is 40.8 Å². The first-order chi connectivity index (χ1) is 24.3. The number of fused-ring (bicyclic) bond motifs is 2. The van der Waals surface area contributed by atoms with Crippen LogP contribution in [0.25, 0.3) is 0 Å². The Kier molecular flexibility index (Phi) is 8.23. The molecule has 2 heterocycles. The fourth-order valence-electron chi connectivity index (χ4n) is 5.84. The van der Waals surface area contributed by atoms with Crippen LogP contribution in [-0.2, 0) is 0 Å². The molecule has 0 radical (unpaired) electrons. The predicted molar refractivity (Wildman–Crippen MR) is 187 cm³/mol. The van der Waals surface area contributed by atoms with Gasteiger partial charge in [0.2, 0.25) is 0 Å². The Hall–Kier alpha value is -6.87. The molecule has 0 fully saturated rings. The van der Waals surface area contributed by atoms with E-state index in [1.54, 1.807) is 48.5 Å². The van der Waals surface area contributed by atoms with Crippen molar-refractivity contribution in [3.63, 3.8) is 0 Å². The van der Waals surface area contributed by atoms with Gasteiger partial charge in [-0.15, -0.1) is 0 Å². The van der Waals surface area contributed by atoms with Crippen molar-refractivity contribution in [1.29, 1.82) is 0 Å². The topological polar surface area (TPSA) is 110 Å². The number of anilines is 2. The van der Waals surface area contributed by atoms with Crippen molar-refractivity contribution in [3.8, 4) is 17.2 Å². The number of nitrogens with zero attached hydrogens (tertiary/aromatic N) is 2. The van der Waals surface area contributed by atoms with Crippen LogP contribution in [0.1, 0.15) is 71.2 Å². The third kappa shape index (κ3) is 5.67. The maximum atomic E-state index is 13.7. The number of allylic oxidation sites excluding steroid dienone is 3. The number of ketones is 1. The zero-order chi connectivity index (χ0) is 34.9. The van der Waals surface area contributed by atoms with Gasteiger partial charge >= 0.3 is 0 Å². The second-order valence-corrected chi connectivity index (χ2v) is 11.4. The molecule has 0 aliphatic carbocycles. The Morgan fingerprint density at radius 1 is 0.540 bits per heavy atom. The van der Waals surface area contributed by atoms with Gasteiger partial charge in [0.1, 0.15) is 23.0 Å². The van der Waals surface area contributed by atoms with Gasteiger partial charge in [-0.2, -0.15) is 0 Å². The largest absolute Gasteiger partial charge is 0.458 e. The number of benzene rings is 5. The number of ether oxygens (including phenoxy) is 2. The van der Waals surface area contributed by atoms with Gasteiger partial charge in [0.05, 0.1) is 33.6 Å². The van der Waals surface area contributed by atoms with Gasteiger partial charge in [-0.25, -0.2) is 9.80 Å². The van der Waals surface area contributed by atoms with Crippen molar-refractivity contribution < 1.29 is 33.4 Å². The lowest BCUT2D eigenvalue weighted by Gasteiger charge is -2.14. The molecule has 0 saturated carbocycles. The molecule has 50 heavy (non-hydrogen) atoms. The van der Waals surface area contributed by atoms with E-state index < -0.39 is 29.4 Å². The highest BCUT2D eigenvalue weighted by Crippen LogP contribution is 2.34. The molecule has 5 aromatic rings. The maximum absolute atomic E-state index is 13.7. The van der Waals surface area contributed by atoms with Crippen molar-refractivity contribution in [3.05, 3.63) is 173 Å². The summed E-state index contributed by atoms with van der Waals surface area (Å²) in [4.78, 5) is 69.3. The molecule has 244 valence electrons. The van der Waals surface area contributed by atoms with Crippen LogP contribution in [0.3, 0.4) is 0 Å². The lowest BCUT2D eigenvalue weighted by molar-refractivity contribution is 0.0910. The minimum absolute atomic E-state index is 0.0868. The second kappa shape index (κ2) is 13.0. The summed E-state index contributed by atoms with van der Waals surface area (Å²) < 4.78 is 11.6. The molecule has 0 N–H and O–H groups in total. The van der Waals surface area contributed by atoms with Crippen LogP contribution in [0.15, 0.2) is 139 Å². The van der Waals surface area contributed by atoms with E-state index in [2.05, 4.69) is 0 Å². The van der Waals surface area contributed by atoms with Gasteiger partial charge < -0.3 is 9.47 Å². The molecule has 2 aliphatic heterocycles. The van der Waals surface area contributed by atoms with E-state index in [0.29, 0.717) is 34.4 Å². The highest BCUT2D eigenvalue weighted by atomic mass is 16.5. The Labute approximate surface area is 287 Å². The highest BCUT2D eigenvalue weighted by molar-refractivity contribution is 6.36. The molecule has 2 aliphatic rings. The molecule has 0 spiro atoms. The summed E-state index contributed by atoms with van der Waals surface area (Å²) >= 11 is 0. The van der Waals surface area contributed by atoms with Crippen molar-refractivity contribution in [2.45, 2.75) is 13.8 Å². The average molecular weight is 661 g/mol. The van der Waals surface area contributed by atoms with Crippen LogP contribution >= 0.6 is 0 Å². The lowest BCUT2D eigenvalue weighted by Crippen LogP contribution is -2.29. The fourth-order valence-corrected chi connectivity index (χ4v) is 5.84. The Morgan fingerprint density at radius 3 is 1.48 bits per heavy atom. The average Bonchev–Trinajstić information content (AvgIpc) is 3.55. The zero-order valence-electron chi connectivity index (χ0n) is 27.0. The second-order valence-electron chi connectivity index (χ2n) is 11.4. The molecule has 4 amide bonds. The third-order valence-electron chi connectivity index (χ3n) is 8.32. The lowest BCUT2D eigenvalue weighted by atomic mass is 9.96. The minimum atomic E-state index is -0.568. The number of rotatable bonds is 9. The monoisotopic (exact) mass is 660 g/mol. The van der Waals surface area contributed by atoms with Crippen LogP contribution in [0.5, 0.6) is 17.2 Å². The van der Waals surface area contributed by atoms with E-state index in [1.807, 2.05) is 62.4 Å². The predicted octanol–water partition coefficient (Wildman–Crippen LogP) is 8.17. The van der Waals surface area contributed by atoms with Gasteiger partial charge in [-0.05, 0) is 111 Å². The number of para-hydroxylation sites is 1. The number of carbonyl (C=O) groups is 5. The number of carbonyl (C=O) groups excluding carboxylic acids is 5. The van der Waals surface area contributed by atoms with Gasteiger partial charge in [-0.1, -0.05) is 36.4 Å². The van der Waals surface area contributed by atoms with E-state index in [0.717, 1.165) is 9.80 Å². The minimum Gasteiger partial charge on any atom is -0.458 e. The molecule has 9 nitrogen and oxygen atoms in total. The summed E-state index contributed by atoms with van der Waals surface area (Å²) in [6, 6.07) is 30.9. The van der Waals surface area contributed by atoms with Crippen molar-refractivity contribution in [2.75, 3.05) is 9.80 Å². The molecule has 0 saturated heterocycles. The Balaban J connectivity index is 1.09.